The number of carboxylic acids is 1. The third-order valence-corrected chi connectivity index (χ3v) is 5.40. The topological polar surface area (TPSA) is 103 Å². The van der Waals surface area contributed by atoms with Crippen LogP contribution in [0.25, 0.3) is 20.8 Å². The molecule has 0 spiro atoms. The highest BCUT2D eigenvalue weighted by Gasteiger charge is 2.15. The van der Waals surface area contributed by atoms with Gasteiger partial charge in [-0.3, -0.25) is 9.59 Å². The largest absolute Gasteiger partial charge is 0.610 e. The Labute approximate surface area is 150 Å². The third-order valence-electron chi connectivity index (χ3n) is 3.53. The second-order valence-corrected chi connectivity index (χ2v) is 7.72. The molecular formula is C17H14N2O4S2. The molecule has 0 fully saturated rings. The molecule has 0 bridgehead atoms. The van der Waals surface area contributed by atoms with Crippen molar-refractivity contribution in [3.63, 3.8) is 0 Å². The molecule has 2 aromatic heterocycles. The summed E-state index contributed by atoms with van der Waals surface area (Å²) in [7, 11) is 0. The van der Waals surface area contributed by atoms with Gasteiger partial charge in [0.05, 0.1) is 5.39 Å². The van der Waals surface area contributed by atoms with Crippen LogP contribution in [0.2, 0.25) is 0 Å². The number of pyridine rings is 1. The van der Waals surface area contributed by atoms with E-state index in [0.717, 1.165) is 4.70 Å². The summed E-state index contributed by atoms with van der Waals surface area (Å²) in [6.45, 7) is 0. The summed E-state index contributed by atoms with van der Waals surface area (Å²) < 4.78 is 12.6. The number of benzene rings is 1. The number of aryl methyl sites for hydroxylation is 1. The first-order chi connectivity index (χ1) is 11.9. The van der Waals surface area contributed by atoms with E-state index < -0.39 is 17.1 Å². The van der Waals surface area contributed by atoms with Gasteiger partial charge >= 0.3 is 5.97 Å². The fourth-order valence-corrected chi connectivity index (χ4v) is 3.84. The molecule has 2 heterocycles. The van der Waals surface area contributed by atoms with Crippen molar-refractivity contribution in [2.75, 3.05) is 6.26 Å². The Bertz CT molecular complexity index is 1000. The van der Waals surface area contributed by atoms with Crippen molar-refractivity contribution < 1.29 is 14.5 Å². The summed E-state index contributed by atoms with van der Waals surface area (Å²) in [5, 5.41) is 10.2. The van der Waals surface area contributed by atoms with Gasteiger partial charge in [-0.1, -0.05) is 12.1 Å². The monoisotopic (exact) mass is 374 g/mol. The first-order valence-corrected chi connectivity index (χ1v) is 9.78. The molecule has 128 valence electrons. The van der Waals surface area contributed by atoms with Crippen molar-refractivity contribution in [3.8, 4) is 10.7 Å². The lowest BCUT2D eigenvalue weighted by atomic mass is 10.1. The van der Waals surface area contributed by atoms with Gasteiger partial charge in [0.1, 0.15) is 17.0 Å². The molecule has 1 unspecified atom stereocenters. The van der Waals surface area contributed by atoms with Crippen LogP contribution in [0.3, 0.4) is 0 Å². The highest BCUT2D eigenvalue weighted by Crippen LogP contribution is 2.27. The van der Waals surface area contributed by atoms with Gasteiger partial charge < -0.3 is 9.66 Å². The van der Waals surface area contributed by atoms with Gasteiger partial charge in [0.25, 0.3) is 5.56 Å². The van der Waals surface area contributed by atoms with E-state index in [-0.39, 0.29) is 18.4 Å². The maximum absolute atomic E-state index is 12.2. The average molecular weight is 374 g/mol. The van der Waals surface area contributed by atoms with Gasteiger partial charge in [0.2, 0.25) is 5.03 Å². The molecule has 1 N–H and O–H groups in total. The van der Waals surface area contributed by atoms with Gasteiger partial charge in [-0.2, -0.15) is 9.97 Å². The van der Waals surface area contributed by atoms with Gasteiger partial charge in [0.15, 0.2) is 0 Å². The van der Waals surface area contributed by atoms with Gasteiger partial charge in [-0.05, 0) is 30.2 Å². The van der Waals surface area contributed by atoms with Crippen LogP contribution in [0.15, 0.2) is 46.2 Å². The number of rotatable bonds is 5. The quantitative estimate of drug-likeness (QED) is 0.688. The van der Waals surface area contributed by atoms with Crippen LogP contribution in [0.4, 0.5) is 0 Å². The Balaban J connectivity index is 2.12. The average Bonchev–Trinajstić information content (AvgIpc) is 2.59. The number of carbonyl (C=O) groups is 1. The lowest BCUT2D eigenvalue weighted by Crippen LogP contribution is -2.08. The molecule has 3 aromatic rings. The lowest BCUT2D eigenvalue weighted by molar-refractivity contribution is -0.136. The molecule has 25 heavy (non-hydrogen) atoms. The summed E-state index contributed by atoms with van der Waals surface area (Å²) in [4.78, 5) is 31.5. The van der Waals surface area contributed by atoms with Gasteiger partial charge in [-0.15, -0.1) is 11.3 Å². The van der Waals surface area contributed by atoms with E-state index in [1.807, 2.05) is 12.1 Å². The molecule has 0 amide bonds. The second-order valence-electron chi connectivity index (χ2n) is 5.37. The van der Waals surface area contributed by atoms with Crippen molar-refractivity contribution in [1.82, 2.24) is 9.97 Å². The zero-order valence-corrected chi connectivity index (χ0v) is 14.9. The minimum Gasteiger partial charge on any atom is -0.610 e. The Hall–Kier alpha value is -2.29. The molecule has 8 heteroatoms. The van der Waals surface area contributed by atoms with Crippen molar-refractivity contribution in [3.05, 3.63) is 52.3 Å². The number of nitrogens with zero attached hydrogens (tertiary/aromatic N) is 2. The Kier molecular flexibility index (Phi) is 5.12. The number of hydrogen-bond acceptors (Lipinski definition) is 6. The summed E-state index contributed by atoms with van der Waals surface area (Å²) in [6, 6.07) is 10.5. The van der Waals surface area contributed by atoms with E-state index >= 15 is 0 Å². The highest BCUT2D eigenvalue weighted by atomic mass is 32.2. The molecule has 6 nitrogen and oxygen atoms in total. The molecular weight excluding hydrogens is 360 g/mol. The Morgan fingerprint density at radius 3 is 2.76 bits per heavy atom. The summed E-state index contributed by atoms with van der Waals surface area (Å²) >= 11 is -0.0111. The smallest absolute Gasteiger partial charge is 0.303 e. The van der Waals surface area contributed by atoms with E-state index in [0.29, 0.717) is 26.7 Å². The highest BCUT2D eigenvalue weighted by molar-refractivity contribution is 7.90. The van der Waals surface area contributed by atoms with Gasteiger partial charge in [0, 0.05) is 28.4 Å². The molecule has 3 rings (SSSR count). The molecule has 0 radical (unpaired) electrons. The Morgan fingerprint density at radius 2 is 2.04 bits per heavy atom. The zero-order valence-electron chi connectivity index (χ0n) is 13.3. The molecule has 1 aromatic carbocycles. The van der Waals surface area contributed by atoms with Crippen molar-refractivity contribution in [1.29, 1.82) is 0 Å². The van der Waals surface area contributed by atoms with Gasteiger partial charge in [-0.25, -0.2) is 0 Å². The number of aliphatic carboxylic acids is 1. The van der Waals surface area contributed by atoms with Crippen LogP contribution in [-0.2, 0) is 22.4 Å². The number of fused-ring (bicyclic) bond motifs is 1. The zero-order chi connectivity index (χ0) is 18.0. The van der Waals surface area contributed by atoms with E-state index in [9.17, 15) is 14.1 Å². The fraction of sp³-hybridized carbons (Fsp3) is 0.176. The third kappa shape index (κ3) is 4.04. The molecule has 0 saturated carbocycles. The van der Waals surface area contributed by atoms with E-state index in [2.05, 4.69) is 9.97 Å². The molecule has 1 atom stereocenters. The van der Waals surface area contributed by atoms with Crippen LogP contribution in [-0.4, -0.2) is 31.9 Å². The molecule has 0 aliphatic rings. The second kappa shape index (κ2) is 7.30. The standard InChI is InChI=1S/C17H14N2O4S2/c1-25(23)14-9-10(6-7-15(20)21)8-12(18-14)17-19-16(22)11-4-2-3-5-13(11)24-17/h2-5,8-9H,6-7H2,1H3,(H,20,21). The van der Waals surface area contributed by atoms with Crippen LogP contribution < -0.4 is 5.56 Å². The maximum Gasteiger partial charge on any atom is 0.303 e. The predicted octanol–water partition coefficient (Wildman–Crippen LogP) is 2.47. The molecule has 0 aliphatic heterocycles. The van der Waals surface area contributed by atoms with Crippen molar-refractivity contribution in [2.45, 2.75) is 17.9 Å². The van der Waals surface area contributed by atoms with Crippen molar-refractivity contribution >= 4 is 38.6 Å². The predicted molar refractivity (Wildman–Crippen MR) is 97.4 cm³/mol. The normalized spacial score (nSPS) is 12.2. The first-order valence-electron chi connectivity index (χ1n) is 7.40. The number of aromatic nitrogens is 2. The first kappa shape index (κ1) is 17.5. The fourth-order valence-electron chi connectivity index (χ4n) is 2.33. The summed E-state index contributed by atoms with van der Waals surface area (Å²) in [6.07, 6.45) is 1.75. The van der Waals surface area contributed by atoms with Crippen LogP contribution in [0.5, 0.6) is 0 Å². The summed E-state index contributed by atoms with van der Waals surface area (Å²) in [5.41, 5.74) is 0.786. The SMILES string of the molecule is C[S+]([O-])c1cc(CCC(=O)O)cc(-c2nc(=O)c3ccccc3s2)n1. The maximum atomic E-state index is 12.2. The number of hydrogen-bond donors (Lipinski definition) is 1. The van der Waals surface area contributed by atoms with Crippen LogP contribution in [0.1, 0.15) is 12.0 Å². The minimum absolute atomic E-state index is 0.0410. The Morgan fingerprint density at radius 1 is 1.28 bits per heavy atom. The van der Waals surface area contributed by atoms with E-state index in [1.54, 1.807) is 24.3 Å². The molecule has 0 aliphatic carbocycles. The summed E-state index contributed by atoms with van der Waals surface area (Å²) in [5.74, 6) is -0.911. The number of carboxylic acid groups (broad SMARTS) is 1. The lowest BCUT2D eigenvalue weighted by Gasteiger charge is -2.09. The molecule has 0 saturated heterocycles. The van der Waals surface area contributed by atoms with E-state index in [1.165, 1.54) is 17.6 Å². The van der Waals surface area contributed by atoms with E-state index in [4.69, 9.17) is 5.11 Å². The van der Waals surface area contributed by atoms with Crippen LogP contribution >= 0.6 is 11.3 Å². The minimum atomic E-state index is -1.33. The van der Waals surface area contributed by atoms with Crippen molar-refractivity contribution in [2.24, 2.45) is 0 Å². The van der Waals surface area contributed by atoms with Crippen LogP contribution in [0, 0.1) is 0 Å².